The normalized spacial score (nSPS) is 27.7. The van der Waals surface area contributed by atoms with Crippen molar-refractivity contribution in [2.45, 2.75) is 18.6 Å². The SMILES string of the molecule is CC[C@H]1SCCNC1=O. The van der Waals surface area contributed by atoms with Crippen LogP contribution in [0.5, 0.6) is 0 Å². The lowest BCUT2D eigenvalue weighted by Gasteiger charge is -2.19. The Morgan fingerprint density at radius 2 is 2.67 bits per heavy atom. The van der Waals surface area contributed by atoms with Gasteiger partial charge in [0.15, 0.2) is 0 Å². The first kappa shape index (κ1) is 6.93. The van der Waals surface area contributed by atoms with Crippen LogP contribution in [0.15, 0.2) is 0 Å². The summed E-state index contributed by atoms with van der Waals surface area (Å²) < 4.78 is 0. The fraction of sp³-hybridized carbons (Fsp3) is 0.833. The van der Waals surface area contributed by atoms with Gasteiger partial charge in [0.2, 0.25) is 5.91 Å². The second-order valence-electron chi connectivity index (χ2n) is 2.06. The van der Waals surface area contributed by atoms with Gasteiger partial charge in [0.25, 0.3) is 0 Å². The Bertz CT molecular complexity index is 116. The number of hydrogen-bond donors (Lipinski definition) is 1. The van der Waals surface area contributed by atoms with Crippen LogP contribution in [0, 0.1) is 0 Å². The Balaban J connectivity index is 2.39. The molecule has 1 rings (SSSR count). The highest BCUT2D eigenvalue weighted by Crippen LogP contribution is 2.16. The Morgan fingerprint density at radius 1 is 1.89 bits per heavy atom. The first-order chi connectivity index (χ1) is 4.34. The first-order valence-electron chi connectivity index (χ1n) is 3.24. The quantitative estimate of drug-likeness (QED) is 0.586. The van der Waals surface area contributed by atoms with Gasteiger partial charge in [-0.25, -0.2) is 0 Å². The molecule has 1 saturated heterocycles. The zero-order valence-electron chi connectivity index (χ0n) is 5.52. The van der Waals surface area contributed by atoms with E-state index >= 15 is 0 Å². The van der Waals surface area contributed by atoms with Crippen LogP contribution in [0.4, 0.5) is 0 Å². The molecule has 0 spiro atoms. The summed E-state index contributed by atoms with van der Waals surface area (Å²) in [5, 5.41) is 3.04. The molecule has 3 heteroatoms. The summed E-state index contributed by atoms with van der Waals surface area (Å²) >= 11 is 1.76. The molecule has 2 nitrogen and oxygen atoms in total. The molecule has 0 aromatic carbocycles. The predicted octanol–water partition coefficient (Wildman–Crippen LogP) is 0.628. The molecule has 1 aliphatic rings. The summed E-state index contributed by atoms with van der Waals surface area (Å²) in [6, 6.07) is 0. The van der Waals surface area contributed by atoms with Gasteiger partial charge < -0.3 is 5.32 Å². The minimum absolute atomic E-state index is 0.216. The molecule has 1 fully saturated rings. The number of nitrogens with one attached hydrogen (secondary N) is 1. The third-order valence-electron chi connectivity index (χ3n) is 1.38. The molecule has 0 saturated carbocycles. The molecule has 1 heterocycles. The topological polar surface area (TPSA) is 29.1 Å². The summed E-state index contributed by atoms with van der Waals surface area (Å²) in [6.07, 6.45) is 0.955. The van der Waals surface area contributed by atoms with Gasteiger partial charge in [-0.1, -0.05) is 6.92 Å². The number of thioether (sulfide) groups is 1. The van der Waals surface area contributed by atoms with Crippen molar-refractivity contribution in [3.05, 3.63) is 0 Å². The molecule has 1 amide bonds. The van der Waals surface area contributed by atoms with Crippen LogP contribution in [-0.4, -0.2) is 23.5 Å². The Kier molecular flexibility index (Phi) is 2.39. The van der Waals surface area contributed by atoms with Crippen LogP contribution in [0.3, 0.4) is 0 Å². The summed E-state index contributed by atoms with van der Waals surface area (Å²) in [5.41, 5.74) is 0. The molecule has 0 aliphatic carbocycles. The Hall–Kier alpha value is -0.180. The minimum atomic E-state index is 0.216. The summed E-state index contributed by atoms with van der Waals surface area (Å²) in [7, 11) is 0. The lowest BCUT2D eigenvalue weighted by atomic mass is 10.3. The van der Waals surface area contributed by atoms with Crippen LogP contribution >= 0.6 is 11.8 Å². The Morgan fingerprint density at radius 3 is 3.11 bits per heavy atom. The number of carbonyl (C=O) groups excluding carboxylic acids is 1. The van der Waals surface area contributed by atoms with Crippen molar-refractivity contribution < 1.29 is 4.79 Å². The van der Waals surface area contributed by atoms with Crippen LogP contribution in [0.2, 0.25) is 0 Å². The molecule has 1 atom stereocenters. The highest BCUT2D eigenvalue weighted by molar-refractivity contribution is 8.00. The largest absolute Gasteiger partial charge is 0.354 e. The van der Waals surface area contributed by atoms with Gasteiger partial charge in [0.1, 0.15) is 0 Å². The number of carbonyl (C=O) groups is 1. The lowest BCUT2D eigenvalue weighted by Crippen LogP contribution is -2.38. The average Bonchev–Trinajstić information content (AvgIpc) is 1.89. The molecule has 1 N–H and O–H groups in total. The van der Waals surface area contributed by atoms with E-state index in [0.717, 1.165) is 18.7 Å². The molecule has 9 heavy (non-hydrogen) atoms. The first-order valence-corrected chi connectivity index (χ1v) is 4.28. The van der Waals surface area contributed by atoms with Crippen molar-refractivity contribution in [2.75, 3.05) is 12.3 Å². The maximum absolute atomic E-state index is 10.9. The van der Waals surface area contributed by atoms with E-state index < -0.39 is 0 Å². The summed E-state index contributed by atoms with van der Waals surface area (Å²) in [4.78, 5) is 10.9. The van der Waals surface area contributed by atoms with Gasteiger partial charge in [0, 0.05) is 12.3 Å². The number of rotatable bonds is 1. The summed E-state index contributed by atoms with van der Waals surface area (Å²) in [6.45, 7) is 2.89. The fourth-order valence-electron chi connectivity index (χ4n) is 0.868. The molecule has 0 radical (unpaired) electrons. The van der Waals surface area contributed by atoms with Crippen molar-refractivity contribution in [1.29, 1.82) is 0 Å². The van der Waals surface area contributed by atoms with E-state index in [0.29, 0.717) is 0 Å². The van der Waals surface area contributed by atoms with E-state index in [-0.39, 0.29) is 11.2 Å². The molecule has 1 aliphatic heterocycles. The molecule has 0 aromatic heterocycles. The van der Waals surface area contributed by atoms with E-state index in [1.165, 1.54) is 0 Å². The maximum atomic E-state index is 10.9. The fourth-order valence-corrected chi connectivity index (χ4v) is 1.84. The average molecular weight is 145 g/mol. The molecular formula is C6H11NOS. The van der Waals surface area contributed by atoms with E-state index in [2.05, 4.69) is 5.32 Å². The second kappa shape index (κ2) is 3.11. The van der Waals surface area contributed by atoms with Crippen LogP contribution < -0.4 is 5.32 Å². The zero-order chi connectivity index (χ0) is 6.69. The third-order valence-corrected chi connectivity index (χ3v) is 2.77. The zero-order valence-corrected chi connectivity index (χ0v) is 6.33. The van der Waals surface area contributed by atoms with Crippen LogP contribution in [0.25, 0.3) is 0 Å². The van der Waals surface area contributed by atoms with Gasteiger partial charge in [0.05, 0.1) is 5.25 Å². The minimum Gasteiger partial charge on any atom is -0.354 e. The van der Waals surface area contributed by atoms with E-state index in [1.54, 1.807) is 11.8 Å². The highest BCUT2D eigenvalue weighted by atomic mass is 32.2. The van der Waals surface area contributed by atoms with Gasteiger partial charge in [-0.05, 0) is 6.42 Å². The number of amides is 1. The third kappa shape index (κ3) is 1.61. The maximum Gasteiger partial charge on any atom is 0.233 e. The predicted molar refractivity (Wildman–Crippen MR) is 39.5 cm³/mol. The van der Waals surface area contributed by atoms with Gasteiger partial charge in [-0.15, -0.1) is 11.8 Å². The summed E-state index contributed by atoms with van der Waals surface area (Å²) in [5.74, 6) is 1.29. The molecule has 0 aromatic rings. The van der Waals surface area contributed by atoms with Gasteiger partial charge in [-0.3, -0.25) is 4.79 Å². The second-order valence-corrected chi connectivity index (χ2v) is 3.37. The molecule has 0 unspecified atom stereocenters. The van der Waals surface area contributed by atoms with Gasteiger partial charge in [-0.2, -0.15) is 0 Å². The smallest absolute Gasteiger partial charge is 0.233 e. The van der Waals surface area contributed by atoms with Crippen molar-refractivity contribution in [2.24, 2.45) is 0 Å². The van der Waals surface area contributed by atoms with Crippen molar-refractivity contribution >= 4 is 17.7 Å². The van der Waals surface area contributed by atoms with Crippen molar-refractivity contribution in [3.8, 4) is 0 Å². The Labute approximate surface area is 59.4 Å². The molecular weight excluding hydrogens is 134 g/mol. The van der Waals surface area contributed by atoms with Crippen molar-refractivity contribution in [3.63, 3.8) is 0 Å². The molecule has 52 valence electrons. The highest BCUT2D eigenvalue weighted by Gasteiger charge is 2.19. The van der Waals surface area contributed by atoms with E-state index in [1.807, 2.05) is 6.92 Å². The standard InChI is InChI=1S/C6H11NOS/c1-2-5-6(8)7-3-4-9-5/h5H,2-4H2,1H3,(H,7,8)/t5-/m1/s1. The van der Waals surface area contributed by atoms with E-state index in [4.69, 9.17) is 0 Å². The molecule has 0 bridgehead atoms. The lowest BCUT2D eigenvalue weighted by molar-refractivity contribution is -0.120. The number of hydrogen-bond acceptors (Lipinski definition) is 2. The van der Waals surface area contributed by atoms with Gasteiger partial charge >= 0.3 is 0 Å². The van der Waals surface area contributed by atoms with Crippen LogP contribution in [-0.2, 0) is 4.79 Å². The van der Waals surface area contributed by atoms with Crippen molar-refractivity contribution in [1.82, 2.24) is 5.32 Å². The van der Waals surface area contributed by atoms with Crippen LogP contribution in [0.1, 0.15) is 13.3 Å². The van der Waals surface area contributed by atoms with E-state index in [9.17, 15) is 4.79 Å². The monoisotopic (exact) mass is 145 g/mol.